The third kappa shape index (κ3) is 5.69. The molecule has 1 aliphatic rings. The summed E-state index contributed by atoms with van der Waals surface area (Å²) in [5.41, 5.74) is 0.489. The number of Topliss-reactive ketones (excluding diaryl/α,β-unsaturated/α-hetero) is 1. The average Bonchev–Trinajstić information content (AvgIpc) is 2.96. The second kappa shape index (κ2) is 8.73. The topological polar surface area (TPSA) is 90.0 Å². The van der Waals surface area contributed by atoms with Gasteiger partial charge in [0.05, 0.1) is 18.6 Å². The molecule has 0 saturated carbocycles. The lowest BCUT2D eigenvalue weighted by Crippen LogP contribution is -2.45. The molecule has 1 amide bonds. The van der Waals surface area contributed by atoms with Gasteiger partial charge in [-0.15, -0.1) is 0 Å². The fourth-order valence-electron chi connectivity index (χ4n) is 3.10. The Bertz CT molecular complexity index is 802. The van der Waals surface area contributed by atoms with Crippen LogP contribution in [-0.2, 0) is 14.6 Å². The summed E-state index contributed by atoms with van der Waals surface area (Å²) in [5.74, 6) is 0.698. The number of hydrogen-bond donors (Lipinski definition) is 0. The Morgan fingerprint density at radius 3 is 2.48 bits per heavy atom. The molecule has 1 saturated heterocycles. The van der Waals surface area contributed by atoms with Gasteiger partial charge in [0.2, 0.25) is 0 Å². The van der Waals surface area contributed by atoms with Crippen molar-refractivity contribution in [1.29, 1.82) is 0 Å². The molecule has 8 heteroatoms. The Labute approximate surface area is 160 Å². The van der Waals surface area contributed by atoms with Crippen molar-refractivity contribution in [3.05, 3.63) is 23.8 Å². The van der Waals surface area contributed by atoms with Gasteiger partial charge in [0, 0.05) is 18.2 Å². The van der Waals surface area contributed by atoms with Crippen LogP contribution in [0.25, 0.3) is 0 Å². The Morgan fingerprint density at radius 1 is 1.26 bits per heavy atom. The van der Waals surface area contributed by atoms with Crippen molar-refractivity contribution in [1.82, 2.24) is 4.90 Å². The minimum atomic E-state index is -3.09. The molecule has 150 valence electrons. The summed E-state index contributed by atoms with van der Waals surface area (Å²) in [6.07, 6.45) is 0.456. The minimum Gasteiger partial charge on any atom is -0.493 e. The maximum Gasteiger partial charge on any atom is 0.260 e. The number of sulfone groups is 1. The highest BCUT2D eigenvalue weighted by Crippen LogP contribution is 2.28. The minimum absolute atomic E-state index is 0.00207. The maximum absolute atomic E-state index is 12.7. The number of carbonyl (C=O) groups excluding carboxylic acids is 2. The van der Waals surface area contributed by atoms with Gasteiger partial charge in [-0.05, 0) is 37.5 Å². The lowest BCUT2D eigenvalue weighted by molar-refractivity contribution is -0.135. The van der Waals surface area contributed by atoms with E-state index in [1.165, 1.54) is 14.0 Å². The van der Waals surface area contributed by atoms with E-state index < -0.39 is 9.84 Å². The van der Waals surface area contributed by atoms with E-state index in [1.54, 1.807) is 23.1 Å². The number of nitrogens with zero attached hydrogens (tertiary/aromatic N) is 1. The molecule has 27 heavy (non-hydrogen) atoms. The van der Waals surface area contributed by atoms with Crippen molar-refractivity contribution >= 4 is 21.5 Å². The van der Waals surface area contributed by atoms with Crippen LogP contribution >= 0.6 is 0 Å². The van der Waals surface area contributed by atoms with Crippen LogP contribution in [0.15, 0.2) is 18.2 Å². The van der Waals surface area contributed by atoms with E-state index in [4.69, 9.17) is 9.47 Å². The zero-order valence-electron chi connectivity index (χ0n) is 16.2. The zero-order valence-corrected chi connectivity index (χ0v) is 17.0. The zero-order chi connectivity index (χ0) is 20.2. The van der Waals surface area contributed by atoms with Gasteiger partial charge >= 0.3 is 0 Å². The van der Waals surface area contributed by atoms with Gasteiger partial charge in [-0.3, -0.25) is 9.59 Å². The van der Waals surface area contributed by atoms with Gasteiger partial charge in [0.1, 0.15) is 0 Å². The molecule has 7 nitrogen and oxygen atoms in total. The smallest absolute Gasteiger partial charge is 0.260 e. The number of hydrogen-bond acceptors (Lipinski definition) is 6. The third-order valence-electron chi connectivity index (χ3n) is 4.45. The molecule has 0 unspecified atom stereocenters. The number of carbonyl (C=O) groups is 2. The van der Waals surface area contributed by atoms with Gasteiger partial charge in [-0.2, -0.15) is 0 Å². The molecule has 0 aromatic heterocycles. The van der Waals surface area contributed by atoms with Crippen molar-refractivity contribution < 1.29 is 27.5 Å². The van der Waals surface area contributed by atoms with E-state index >= 15 is 0 Å². The second-order valence-electron chi connectivity index (χ2n) is 7.21. The fourth-order valence-corrected chi connectivity index (χ4v) is 4.83. The number of ether oxygens (including phenoxy) is 2. The summed E-state index contributed by atoms with van der Waals surface area (Å²) < 4.78 is 34.4. The molecule has 0 spiro atoms. The molecule has 1 aromatic rings. The highest BCUT2D eigenvalue weighted by molar-refractivity contribution is 7.91. The molecule has 0 radical (unpaired) electrons. The first-order valence-electron chi connectivity index (χ1n) is 8.94. The molecular formula is C19H27NO6S. The van der Waals surface area contributed by atoms with Gasteiger partial charge in [-0.1, -0.05) is 13.8 Å². The van der Waals surface area contributed by atoms with E-state index in [0.29, 0.717) is 30.0 Å². The van der Waals surface area contributed by atoms with Gasteiger partial charge in [0.25, 0.3) is 5.91 Å². The molecule has 0 N–H and O–H groups in total. The normalized spacial score (nSPS) is 18.3. The number of methoxy groups -OCH3 is 1. The molecule has 1 atom stereocenters. The van der Waals surface area contributed by atoms with Crippen molar-refractivity contribution in [3.63, 3.8) is 0 Å². The average molecular weight is 397 g/mol. The Balaban J connectivity index is 2.10. The summed E-state index contributed by atoms with van der Waals surface area (Å²) >= 11 is 0. The van der Waals surface area contributed by atoms with E-state index in [2.05, 4.69) is 0 Å². The first-order valence-corrected chi connectivity index (χ1v) is 10.8. The van der Waals surface area contributed by atoms with Crippen molar-refractivity contribution in [2.24, 2.45) is 5.92 Å². The molecule has 1 heterocycles. The highest BCUT2D eigenvalue weighted by atomic mass is 32.2. The summed E-state index contributed by atoms with van der Waals surface area (Å²) in [6, 6.07) is 4.46. The molecular weight excluding hydrogens is 370 g/mol. The molecule has 0 aliphatic carbocycles. The molecule has 2 rings (SSSR count). The van der Waals surface area contributed by atoms with Crippen molar-refractivity contribution in [2.75, 3.05) is 31.8 Å². The number of ketones is 1. The molecule has 1 aliphatic heterocycles. The van der Waals surface area contributed by atoms with Crippen molar-refractivity contribution in [3.8, 4) is 11.5 Å². The molecule has 1 aromatic carbocycles. The molecule has 1 fully saturated rings. The van der Waals surface area contributed by atoms with Crippen LogP contribution < -0.4 is 9.47 Å². The van der Waals surface area contributed by atoms with Gasteiger partial charge in [-0.25, -0.2) is 8.42 Å². The Kier molecular flexibility index (Phi) is 6.86. The number of rotatable bonds is 8. The summed E-state index contributed by atoms with van der Waals surface area (Å²) in [7, 11) is -1.63. The van der Waals surface area contributed by atoms with E-state index in [-0.39, 0.29) is 41.8 Å². The standard InChI is InChI=1S/C19H27NO6S/c1-13(2)10-20(16-7-8-27(23,24)12-16)19(22)11-26-17-6-5-15(14(3)21)9-18(17)25-4/h5-6,9,13,16H,7-8,10-12H2,1-4H3/t16-/m1/s1. The fraction of sp³-hybridized carbons (Fsp3) is 0.579. The van der Waals surface area contributed by atoms with Crippen molar-refractivity contribution in [2.45, 2.75) is 33.2 Å². The van der Waals surface area contributed by atoms with Crippen LogP contribution in [0, 0.1) is 5.92 Å². The van der Waals surface area contributed by atoms with Crippen LogP contribution in [0.3, 0.4) is 0 Å². The second-order valence-corrected chi connectivity index (χ2v) is 9.44. The van der Waals surface area contributed by atoms with E-state index in [9.17, 15) is 18.0 Å². The van der Waals surface area contributed by atoms with Crippen LogP contribution in [0.4, 0.5) is 0 Å². The summed E-state index contributed by atoms with van der Waals surface area (Å²) in [5, 5.41) is 0. The highest BCUT2D eigenvalue weighted by Gasteiger charge is 2.35. The Hall–Kier alpha value is -2.09. The quantitative estimate of drug-likeness (QED) is 0.623. The SMILES string of the molecule is COc1cc(C(C)=O)ccc1OCC(=O)N(CC(C)C)[C@@H]1CCS(=O)(=O)C1. The predicted molar refractivity (Wildman–Crippen MR) is 102 cm³/mol. The maximum atomic E-state index is 12.7. The van der Waals surface area contributed by atoms with Crippen LogP contribution in [0.1, 0.15) is 37.6 Å². The lowest BCUT2D eigenvalue weighted by atomic mass is 10.1. The predicted octanol–water partition coefficient (Wildman–Crippen LogP) is 1.95. The van der Waals surface area contributed by atoms with E-state index in [1.807, 2.05) is 13.8 Å². The van der Waals surface area contributed by atoms with Crippen LogP contribution in [-0.4, -0.2) is 62.8 Å². The van der Waals surface area contributed by atoms with E-state index in [0.717, 1.165) is 0 Å². The van der Waals surface area contributed by atoms with Crippen LogP contribution in [0.2, 0.25) is 0 Å². The summed E-state index contributed by atoms with van der Waals surface area (Å²) in [4.78, 5) is 25.8. The Morgan fingerprint density at radius 2 is 1.96 bits per heavy atom. The van der Waals surface area contributed by atoms with Gasteiger partial charge < -0.3 is 14.4 Å². The van der Waals surface area contributed by atoms with Crippen LogP contribution in [0.5, 0.6) is 11.5 Å². The first kappa shape index (κ1) is 21.2. The summed E-state index contributed by atoms with van der Waals surface area (Å²) in [6.45, 7) is 5.67. The van der Waals surface area contributed by atoms with Gasteiger partial charge in [0.15, 0.2) is 33.7 Å². The monoisotopic (exact) mass is 397 g/mol. The third-order valence-corrected chi connectivity index (χ3v) is 6.20. The molecule has 0 bridgehead atoms. The number of benzene rings is 1. The lowest BCUT2D eigenvalue weighted by Gasteiger charge is -2.30. The largest absolute Gasteiger partial charge is 0.493 e. The number of amides is 1. The first-order chi connectivity index (χ1) is 12.6.